The smallest absolute Gasteiger partial charge is 0.408 e. The third-order valence-corrected chi connectivity index (χ3v) is 3.83. The average Bonchev–Trinajstić information content (AvgIpc) is 2.89. The maximum atomic E-state index is 11.5. The van der Waals surface area contributed by atoms with Gasteiger partial charge in [-0.05, 0) is 45.4 Å². The van der Waals surface area contributed by atoms with Crippen LogP contribution in [0.4, 0.5) is 10.5 Å². The van der Waals surface area contributed by atoms with Gasteiger partial charge in [0.15, 0.2) is 0 Å². The van der Waals surface area contributed by atoms with Crippen LogP contribution in [0.5, 0.6) is 5.75 Å². The molecule has 0 spiro atoms. The van der Waals surface area contributed by atoms with E-state index in [-0.39, 0.29) is 12.6 Å². The van der Waals surface area contributed by atoms with Crippen LogP contribution in [0.15, 0.2) is 30.6 Å². The highest BCUT2D eigenvalue weighted by Gasteiger charge is 2.31. The van der Waals surface area contributed by atoms with Crippen LogP contribution in [-0.4, -0.2) is 44.1 Å². The van der Waals surface area contributed by atoms with Gasteiger partial charge in [-0.15, -0.1) is 0 Å². The number of rotatable bonds is 5. The van der Waals surface area contributed by atoms with E-state index in [0.717, 1.165) is 11.1 Å². The van der Waals surface area contributed by atoms with Crippen molar-refractivity contribution in [1.82, 2.24) is 14.7 Å². The number of nitrogen functional groups attached to an aromatic ring is 1. The molecule has 1 aromatic carbocycles. The van der Waals surface area contributed by atoms with Crippen molar-refractivity contribution < 1.29 is 14.6 Å². The highest BCUT2D eigenvalue weighted by atomic mass is 16.5. The number of anilines is 1. The van der Waals surface area contributed by atoms with E-state index in [0.29, 0.717) is 11.4 Å². The molecule has 2 aromatic rings. The summed E-state index contributed by atoms with van der Waals surface area (Å²) >= 11 is 0. The Morgan fingerprint density at radius 2 is 2.04 bits per heavy atom. The van der Waals surface area contributed by atoms with Gasteiger partial charge in [-0.25, -0.2) is 4.79 Å². The SMILES string of the molecule is C[C@H](COc1cc(N)cc(-c2cnn(C)c2)c1)N(C(=O)O)C(C)(C)C. The normalized spacial score (nSPS) is 12.7. The van der Waals surface area contributed by atoms with Crippen molar-refractivity contribution in [3.63, 3.8) is 0 Å². The van der Waals surface area contributed by atoms with Gasteiger partial charge in [0.05, 0.1) is 12.2 Å². The van der Waals surface area contributed by atoms with Crippen LogP contribution < -0.4 is 10.5 Å². The van der Waals surface area contributed by atoms with Crippen LogP contribution in [0, 0.1) is 0 Å². The lowest BCUT2D eigenvalue weighted by atomic mass is 10.0. The third kappa shape index (κ3) is 4.65. The molecule has 0 unspecified atom stereocenters. The molecule has 0 fully saturated rings. The molecule has 1 amide bonds. The summed E-state index contributed by atoms with van der Waals surface area (Å²) in [5, 5.41) is 13.6. The first-order chi connectivity index (χ1) is 11.6. The lowest BCUT2D eigenvalue weighted by Gasteiger charge is -2.37. The van der Waals surface area contributed by atoms with Crippen molar-refractivity contribution in [3.05, 3.63) is 30.6 Å². The molecule has 1 heterocycles. The van der Waals surface area contributed by atoms with Crippen molar-refractivity contribution in [1.29, 1.82) is 0 Å². The first-order valence-electron chi connectivity index (χ1n) is 8.12. The Hall–Kier alpha value is -2.70. The lowest BCUT2D eigenvalue weighted by molar-refractivity contribution is 0.0578. The van der Waals surface area contributed by atoms with E-state index in [2.05, 4.69) is 5.10 Å². The van der Waals surface area contributed by atoms with Crippen molar-refractivity contribution in [2.24, 2.45) is 7.05 Å². The number of aryl methyl sites for hydroxylation is 1. The van der Waals surface area contributed by atoms with E-state index in [9.17, 15) is 9.90 Å². The first-order valence-corrected chi connectivity index (χ1v) is 8.12. The standard InChI is InChI=1S/C18H26N4O3/c1-12(22(17(23)24)18(2,3)4)11-25-16-7-13(6-15(19)8-16)14-9-20-21(5)10-14/h6-10,12H,11,19H2,1-5H3,(H,23,24)/t12-/m1/s1. The summed E-state index contributed by atoms with van der Waals surface area (Å²) in [7, 11) is 1.85. The number of hydrogen-bond donors (Lipinski definition) is 2. The number of ether oxygens (including phenoxy) is 1. The summed E-state index contributed by atoms with van der Waals surface area (Å²) < 4.78 is 7.55. The number of carbonyl (C=O) groups is 1. The highest BCUT2D eigenvalue weighted by Crippen LogP contribution is 2.27. The molecule has 0 bridgehead atoms. The molecule has 2 rings (SSSR count). The van der Waals surface area contributed by atoms with Crippen LogP contribution >= 0.6 is 0 Å². The number of nitrogens with two attached hydrogens (primary N) is 1. The maximum absolute atomic E-state index is 11.5. The molecule has 7 nitrogen and oxygen atoms in total. The molecule has 7 heteroatoms. The highest BCUT2D eigenvalue weighted by molar-refractivity contribution is 5.69. The van der Waals surface area contributed by atoms with Gasteiger partial charge in [0.25, 0.3) is 0 Å². The Kier molecular flexibility index (Phi) is 5.25. The summed E-state index contributed by atoms with van der Waals surface area (Å²) in [6, 6.07) is 5.16. The van der Waals surface area contributed by atoms with E-state index in [4.69, 9.17) is 10.5 Å². The molecular weight excluding hydrogens is 320 g/mol. The minimum absolute atomic E-state index is 0.236. The first kappa shape index (κ1) is 18.6. The lowest BCUT2D eigenvalue weighted by Crippen LogP contribution is -2.52. The summed E-state index contributed by atoms with van der Waals surface area (Å²) in [5.74, 6) is 0.602. The Morgan fingerprint density at radius 3 is 2.56 bits per heavy atom. The Morgan fingerprint density at radius 1 is 1.36 bits per heavy atom. The van der Waals surface area contributed by atoms with Crippen molar-refractivity contribution >= 4 is 11.8 Å². The van der Waals surface area contributed by atoms with Crippen LogP contribution in [-0.2, 0) is 7.05 Å². The van der Waals surface area contributed by atoms with E-state index < -0.39 is 11.6 Å². The molecule has 0 aliphatic rings. The molecule has 3 N–H and O–H groups in total. The van der Waals surface area contributed by atoms with Crippen LogP contribution in [0.3, 0.4) is 0 Å². The van der Waals surface area contributed by atoms with Gasteiger partial charge in [-0.3, -0.25) is 9.58 Å². The Balaban J connectivity index is 2.15. The van der Waals surface area contributed by atoms with Crippen molar-refractivity contribution in [2.75, 3.05) is 12.3 Å². The predicted octanol–water partition coefficient (Wildman–Crippen LogP) is 3.22. The summed E-state index contributed by atoms with van der Waals surface area (Å²) in [4.78, 5) is 12.9. The van der Waals surface area contributed by atoms with Gasteiger partial charge >= 0.3 is 6.09 Å². The van der Waals surface area contributed by atoms with E-state index in [1.165, 1.54) is 4.90 Å². The zero-order chi connectivity index (χ0) is 18.8. The molecule has 25 heavy (non-hydrogen) atoms. The van der Waals surface area contributed by atoms with Crippen LogP contribution in [0.25, 0.3) is 11.1 Å². The summed E-state index contributed by atoms with van der Waals surface area (Å²) in [6.07, 6.45) is 2.69. The number of aromatic nitrogens is 2. The molecule has 0 radical (unpaired) electrons. The van der Waals surface area contributed by atoms with Gasteiger partial charge in [0.2, 0.25) is 0 Å². The monoisotopic (exact) mass is 346 g/mol. The van der Waals surface area contributed by atoms with Crippen LogP contribution in [0.2, 0.25) is 0 Å². The van der Waals surface area contributed by atoms with E-state index in [1.807, 2.05) is 53.1 Å². The fourth-order valence-corrected chi connectivity index (χ4v) is 2.87. The third-order valence-electron chi connectivity index (χ3n) is 3.83. The number of amides is 1. The Bertz CT molecular complexity index is 749. The van der Waals surface area contributed by atoms with Crippen LogP contribution in [0.1, 0.15) is 27.7 Å². The molecule has 136 valence electrons. The molecule has 0 saturated carbocycles. The minimum atomic E-state index is -0.966. The van der Waals surface area contributed by atoms with Crippen molar-refractivity contribution in [2.45, 2.75) is 39.3 Å². The molecule has 1 atom stereocenters. The van der Waals surface area contributed by atoms with Gasteiger partial charge in [-0.1, -0.05) is 0 Å². The number of hydrogen-bond acceptors (Lipinski definition) is 4. The fraction of sp³-hybridized carbons (Fsp3) is 0.444. The average molecular weight is 346 g/mol. The Labute approximate surface area is 148 Å². The maximum Gasteiger partial charge on any atom is 0.408 e. The van der Waals surface area contributed by atoms with Gasteiger partial charge < -0.3 is 15.6 Å². The van der Waals surface area contributed by atoms with E-state index in [1.54, 1.807) is 16.9 Å². The zero-order valence-electron chi connectivity index (χ0n) is 15.4. The predicted molar refractivity (Wildman–Crippen MR) is 97.6 cm³/mol. The molecule has 0 saturated heterocycles. The van der Waals surface area contributed by atoms with E-state index >= 15 is 0 Å². The fourth-order valence-electron chi connectivity index (χ4n) is 2.87. The number of nitrogens with zero attached hydrogens (tertiary/aromatic N) is 3. The summed E-state index contributed by atoms with van der Waals surface area (Å²) in [5.41, 5.74) is 7.89. The van der Waals surface area contributed by atoms with Gasteiger partial charge in [0.1, 0.15) is 12.4 Å². The topological polar surface area (TPSA) is 93.6 Å². The molecular formula is C18H26N4O3. The largest absolute Gasteiger partial charge is 0.491 e. The number of benzene rings is 1. The summed E-state index contributed by atoms with van der Waals surface area (Å²) in [6.45, 7) is 7.64. The second-order valence-electron chi connectivity index (χ2n) is 7.18. The van der Waals surface area contributed by atoms with Gasteiger partial charge in [-0.2, -0.15) is 5.10 Å². The van der Waals surface area contributed by atoms with Crippen molar-refractivity contribution in [3.8, 4) is 16.9 Å². The second-order valence-corrected chi connectivity index (χ2v) is 7.18. The molecule has 1 aromatic heterocycles. The zero-order valence-corrected chi connectivity index (χ0v) is 15.4. The molecule has 0 aliphatic carbocycles. The second kappa shape index (κ2) is 7.04. The number of carboxylic acid groups (broad SMARTS) is 1. The van der Waals surface area contributed by atoms with Gasteiger partial charge in [0, 0.05) is 36.1 Å². The quantitative estimate of drug-likeness (QED) is 0.811. The molecule has 0 aliphatic heterocycles. The minimum Gasteiger partial charge on any atom is -0.491 e.